The molecule has 0 radical (unpaired) electrons. The number of nitrogens with zero attached hydrogens (tertiary/aromatic N) is 1. The lowest BCUT2D eigenvalue weighted by Crippen LogP contribution is -2.31. The van der Waals surface area contributed by atoms with Crippen molar-refractivity contribution in [3.63, 3.8) is 0 Å². The Morgan fingerprint density at radius 2 is 1.85 bits per heavy atom. The molecule has 0 unspecified atom stereocenters. The van der Waals surface area contributed by atoms with E-state index in [0.29, 0.717) is 30.2 Å². The quantitative estimate of drug-likeness (QED) is 0.324. The summed E-state index contributed by atoms with van der Waals surface area (Å²) in [6.45, 7) is 3.93. The Morgan fingerprint density at radius 1 is 1.15 bits per heavy atom. The van der Waals surface area contributed by atoms with Crippen LogP contribution >= 0.6 is 19.4 Å². The van der Waals surface area contributed by atoms with E-state index in [1.807, 2.05) is 0 Å². The van der Waals surface area contributed by atoms with Gasteiger partial charge in [0, 0.05) is 12.4 Å². The highest BCUT2D eigenvalue weighted by Gasteiger charge is 2.35. The van der Waals surface area contributed by atoms with Crippen molar-refractivity contribution in [3.8, 4) is 5.75 Å². The number of fused-ring (bicyclic) bond motifs is 1. The number of carbonyl (C=O) groups is 1. The summed E-state index contributed by atoms with van der Waals surface area (Å²) in [7, 11) is -3.87. The van der Waals surface area contributed by atoms with Crippen LogP contribution in [0.4, 0.5) is 0 Å². The number of carbonyl (C=O) groups excluding carboxylic acids is 1. The zero-order chi connectivity index (χ0) is 19.0. The Morgan fingerprint density at radius 3 is 2.50 bits per heavy atom. The van der Waals surface area contributed by atoms with Crippen molar-refractivity contribution in [2.24, 2.45) is 0 Å². The van der Waals surface area contributed by atoms with Gasteiger partial charge in [0.05, 0.1) is 18.8 Å². The molecule has 26 heavy (non-hydrogen) atoms. The number of hydrogen-bond acceptors (Lipinski definition) is 6. The number of phosphoric acid groups is 1. The minimum absolute atomic E-state index is 0.0222. The first-order valence-corrected chi connectivity index (χ1v) is 10.5. The zero-order valence-corrected chi connectivity index (χ0v) is 16.5. The minimum atomic E-state index is -3.87. The molecule has 0 saturated carbocycles. The van der Waals surface area contributed by atoms with Gasteiger partial charge in [-0.05, 0) is 38.8 Å². The van der Waals surface area contributed by atoms with Crippen LogP contribution in [0.25, 0.3) is 0 Å². The van der Waals surface area contributed by atoms with Gasteiger partial charge in [0.15, 0.2) is 6.26 Å². The summed E-state index contributed by atoms with van der Waals surface area (Å²) in [5.41, 5.74) is 0.385. The molecular weight excluding hydrogens is 381 g/mol. The lowest BCUT2D eigenvalue weighted by molar-refractivity contribution is 0.0679. The molecule has 0 bridgehead atoms. The molecule has 0 atom stereocenters. The molecule has 1 heterocycles. The first-order chi connectivity index (χ1) is 12.5. The van der Waals surface area contributed by atoms with Crippen molar-refractivity contribution in [1.29, 1.82) is 0 Å². The zero-order valence-electron chi connectivity index (χ0n) is 14.9. The van der Waals surface area contributed by atoms with Crippen molar-refractivity contribution < 1.29 is 27.7 Å². The van der Waals surface area contributed by atoms with E-state index in [1.165, 1.54) is 11.2 Å². The Bertz CT molecular complexity index is 686. The van der Waals surface area contributed by atoms with Crippen molar-refractivity contribution in [1.82, 2.24) is 4.90 Å². The standard InChI is InChI=1S/C17H23ClNO6P/c1-3-23-26(21,24-4-2)25-16-13-22-15-10-6-5-9-14(15)17(20)19(16)12-8-7-11-18/h5-6,9-10,13H,3-4,7-8,11-12H2,1-2H3. The van der Waals surface area contributed by atoms with Gasteiger partial charge in [-0.1, -0.05) is 12.1 Å². The van der Waals surface area contributed by atoms with Crippen LogP contribution in [-0.4, -0.2) is 36.4 Å². The Labute approximate surface area is 158 Å². The number of rotatable bonds is 10. The van der Waals surface area contributed by atoms with Gasteiger partial charge in [0.25, 0.3) is 5.91 Å². The van der Waals surface area contributed by atoms with Gasteiger partial charge < -0.3 is 9.26 Å². The van der Waals surface area contributed by atoms with Crippen LogP contribution < -0.4 is 4.74 Å². The number of amides is 1. The van der Waals surface area contributed by atoms with Crippen molar-refractivity contribution in [2.75, 3.05) is 25.6 Å². The summed E-state index contributed by atoms with van der Waals surface area (Å²) in [5, 5.41) is 0. The highest BCUT2D eigenvalue weighted by Crippen LogP contribution is 2.52. The fourth-order valence-corrected chi connectivity index (χ4v) is 3.71. The minimum Gasteiger partial charge on any atom is -0.459 e. The van der Waals surface area contributed by atoms with Gasteiger partial charge in [0.2, 0.25) is 5.88 Å². The summed E-state index contributed by atoms with van der Waals surface area (Å²) >= 11 is 5.74. The monoisotopic (exact) mass is 403 g/mol. The lowest BCUT2D eigenvalue weighted by Gasteiger charge is -2.26. The van der Waals surface area contributed by atoms with E-state index in [4.69, 9.17) is 29.9 Å². The van der Waals surface area contributed by atoms with Crippen LogP contribution in [0.5, 0.6) is 5.75 Å². The normalized spacial score (nSPS) is 14.3. The van der Waals surface area contributed by atoms with Gasteiger partial charge in [-0.2, -0.15) is 0 Å². The smallest absolute Gasteiger partial charge is 0.459 e. The van der Waals surface area contributed by atoms with Gasteiger partial charge in [-0.15, -0.1) is 11.6 Å². The SMILES string of the molecule is CCOP(=O)(OCC)OC1=COc2ccccc2C(=O)N1CCCCCl. The van der Waals surface area contributed by atoms with Crippen molar-refractivity contribution >= 4 is 25.3 Å². The van der Waals surface area contributed by atoms with Crippen LogP contribution in [0.15, 0.2) is 36.4 Å². The molecular formula is C17H23ClNO6P. The molecule has 0 aromatic heterocycles. The van der Waals surface area contributed by atoms with Crippen LogP contribution in [0, 0.1) is 0 Å². The molecule has 0 saturated heterocycles. The number of hydrogen-bond donors (Lipinski definition) is 0. The third-order valence-corrected chi connectivity index (χ3v) is 5.29. The van der Waals surface area contributed by atoms with E-state index < -0.39 is 7.82 Å². The average molecular weight is 404 g/mol. The molecule has 1 amide bonds. The Kier molecular flexibility index (Phi) is 7.97. The maximum atomic E-state index is 13.0. The predicted molar refractivity (Wildman–Crippen MR) is 98.1 cm³/mol. The van der Waals surface area contributed by atoms with E-state index in [1.54, 1.807) is 38.1 Å². The summed E-state index contributed by atoms with van der Waals surface area (Å²) in [5.74, 6) is 0.524. The van der Waals surface area contributed by atoms with E-state index in [2.05, 4.69) is 0 Å². The fourth-order valence-electron chi connectivity index (χ4n) is 2.34. The second-order valence-corrected chi connectivity index (χ2v) is 7.27. The molecule has 2 rings (SSSR count). The second-order valence-electron chi connectivity index (χ2n) is 5.30. The first kappa shape index (κ1) is 20.8. The highest BCUT2D eigenvalue weighted by atomic mass is 35.5. The molecule has 7 nitrogen and oxygen atoms in total. The number of unbranched alkanes of at least 4 members (excludes halogenated alkanes) is 1. The van der Waals surface area contributed by atoms with Crippen LogP contribution in [-0.2, 0) is 18.1 Å². The lowest BCUT2D eigenvalue weighted by atomic mass is 10.1. The van der Waals surface area contributed by atoms with E-state index in [9.17, 15) is 9.36 Å². The number of phosphoric ester groups is 1. The fraction of sp³-hybridized carbons (Fsp3) is 0.471. The topological polar surface area (TPSA) is 74.3 Å². The average Bonchev–Trinajstić information content (AvgIpc) is 2.74. The Hall–Kier alpha value is -1.53. The highest BCUT2D eigenvalue weighted by molar-refractivity contribution is 7.48. The van der Waals surface area contributed by atoms with E-state index in [-0.39, 0.29) is 25.0 Å². The van der Waals surface area contributed by atoms with E-state index >= 15 is 0 Å². The van der Waals surface area contributed by atoms with Crippen molar-refractivity contribution in [3.05, 3.63) is 42.0 Å². The predicted octanol–water partition coefficient (Wildman–Crippen LogP) is 4.54. The third kappa shape index (κ3) is 5.24. The Balaban J connectivity index is 2.32. The molecule has 0 spiro atoms. The molecule has 144 valence electrons. The number of ether oxygens (including phenoxy) is 1. The summed E-state index contributed by atoms with van der Waals surface area (Å²) in [6.07, 6.45) is 2.61. The largest absolute Gasteiger partial charge is 0.531 e. The molecule has 1 aromatic rings. The molecule has 0 N–H and O–H groups in total. The molecule has 0 aliphatic carbocycles. The van der Waals surface area contributed by atoms with E-state index in [0.717, 1.165) is 6.42 Å². The third-order valence-electron chi connectivity index (χ3n) is 3.46. The molecule has 1 aliphatic heterocycles. The molecule has 0 fully saturated rings. The molecule has 1 aliphatic rings. The number of alkyl halides is 1. The van der Waals surface area contributed by atoms with Gasteiger partial charge in [-0.25, -0.2) is 4.57 Å². The van der Waals surface area contributed by atoms with Gasteiger partial charge in [-0.3, -0.25) is 18.7 Å². The van der Waals surface area contributed by atoms with Crippen LogP contribution in [0.3, 0.4) is 0 Å². The van der Waals surface area contributed by atoms with Crippen LogP contribution in [0.1, 0.15) is 37.0 Å². The second kappa shape index (κ2) is 9.97. The summed E-state index contributed by atoms with van der Waals surface area (Å²) < 4.78 is 34.1. The molecule has 9 heteroatoms. The number of benzene rings is 1. The molecule has 1 aromatic carbocycles. The first-order valence-electron chi connectivity index (χ1n) is 8.47. The summed E-state index contributed by atoms with van der Waals surface area (Å²) in [6, 6.07) is 6.84. The van der Waals surface area contributed by atoms with Crippen molar-refractivity contribution in [2.45, 2.75) is 26.7 Å². The maximum absolute atomic E-state index is 13.0. The number of para-hydroxylation sites is 1. The maximum Gasteiger partial charge on any atom is 0.531 e. The van der Waals surface area contributed by atoms with Gasteiger partial charge in [0.1, 0.15) is 5.75 Å². The summed E-state index contributed by atoms with van der Waals surface area (Å²) in [4.78, 5) is 14.3. The van der Waals surface area contributed by atoms with Gasteiger partial charge >= 0.3 is 7.82 Å². The van der Waals surface area contributed by atoms with Crippen LogP contribution in [0.2, 0.25) is 0 Å². The number of halogens is 1.